The van der Waals surface area contributed by atoms with Gasteiger partial charge in [-0.3, -0.25) is 4.79 Å². The van der Waals surface area contributed by atoms with Gasteiger partial charge in [-0.05, 0) is 13.0 Å². The van der Waals surface area contributed by atoms with E-state index in [1.165, 1.54) is 6.20 Å². The fraction of sp³-hybridized carbons (Fsp3) is 0.312. The number of anilines is 1. The van der Waals surface area contributed by atoms with Crippen molar-refractivity contribution in [2.24, 2.45) is 0 Å². The van der Waals surface area contributed by atoms with E-state index < -0.39 is 0 Å². The number of amides is 1. The first-order valence-electron chi connectivity index (χ1n) is 8.01. The minimum Gasteiger partial charge on any atom is -0.353 e. The second-order valence-electron chi connectivity index (χ2n) is 5.74. The van der Waals surface area contributed by atoms with E-state index in [4.69, 9.17) is 4.52 Å². The van der Waals surface area contributed by atoms with Crippen LogP contribution in [-0.2, 0) is 0 Å². The third-order valence-corrected chi connectivity index (χ3v) is 4.09. The van der Waals surface area contributed by atoms with Gasteiger partial charge in [-0.2, -0.15) is 5.10 Å². The zero-order valence-electron chi connectivity index (χ0n) is 13.7. The van der Waals surface area contributed by atoms with E-state index in [-0.39, 0.29) is 11.7 Å². The summed E-state index contributed by atoms with van der Waals surface area (Å²) in [6.45, 7) is 4.43. The molecule has 1 fully saturated rings. The molecule has 1 aliphatic rings. The van der Waals surface area contributed by atoms with E-state index in [2.05, 4.69) is 25.1 Å². The van der Waals surface area contributed by atoms with Crippen molar-refractivity contribution in [2.75, 3.05) is 31.1 Å². The van der Waals surface area contributed by atoms with E-state index in [9.17, 15) is 4.79 Å². The van der Waals surface area contributed by atoms with Gasteiger partial charge in [0.25, 0.3) is 5.91 Å². The van der Waals surface area contributed by atoms with Crippen LogP contribution in [0, 0.1) is 6.92 Å². The predicted octanol–water partition coefficient (Wildman–Crippen LogP) is 0.921. The van der Waals surface area contributed by atoms with Crippen LogP contribution >= 0.6 is 0 Å². The van der Waals surface area contributed by atoms with Crippen molar-refractivity contribution < 1.29 is 9.32 Å². The molecule has 0 spiro atoms. The van der Waals surface area contributed by atoms with Crippen molar-refractivity contribution in [1.29, 1.82) is 0 Å². The van der Waals surface area contributed by atoms with Crippen molar-refractivity contribution in [1.82, 2.24) is 29.8 Å². The van der Waals surface area contributed by atoms with Crippen LogP contribution < -0.4 is 4.90 Å². The summed E-state index contributed by atoms with van der Waals surface area (Å²) in [5.41, 5.74) is 0. The normalized spacial score (nSPS) is 14.8. The SMILES string of the molecule is Cc1nc(N2CCN(C(=O)c3ccno3)CC2)cc(-n2cccn2)n1. The van der Waals surface area contributed by atoms with Crippen molar-refractivity contribution >= 4 is 11.7 Å². The average molecular weight is 339 g/mol. The summed E-state index contributed by atoms with van der Waals surface area (Å²) in [5.74, 6) is 2.39. The summed E-state index contributed by atoms with van der Waals surface area (Å²) in [7, 11) is 0. The van der Waals surface area contributed by atoms with Crippen LogP contribution in [0.4, 0.5) is 5.82 Å². The molecule has 3 aromatic heterocycles. The summed E-state index contributed by atoms with van der Waals surface area (Å²) >= 11 is 0. The molecule has 0 unspecified atom stereocenters. The molecule has 3 aromatic rings. The third-order valence-electron chi connectivity index (χ3n) is 4.09. The van der Waals surface area contributed by atoms with Gasteiger partial charge < -0.3 is 14.3 Å². The number of rotatable bonds is 3. The minimum atomic E-state index is -0.131. The fourth-order valence-electron chi connectivity index (χ4n) is 2.84. The molecule has 4 rings (SSSR count). The van der Waals surface area contributed by atoms with Crippen molar-refractivity contribution in [3.8, 4) is 5.82 Å². The molecule has 0 saturated carbocycles. The number of aryl methyl sites for hydroxylation is 1. The Hall–Kier alpha value is -3.23. The van der Waals surface area contributed by atoms with Crippen LogP contribution in [-0.4, -0.2) is 61.9 Å². The van der Waals surface area contributed by atoms with Gasteiger partial charge in [0.15, 0.2) is 5.82 Å². The van der Waals surface area contributed by atoms with Gasteiger partial charge >= 0.3 is 0 Å². The highest BCUT2D eigenvalue weighted by Crippen LogP contribution is 2.18. The van der Waals surface area contributed by atoms with Crippen LogP contribution in [0.3, 0.4) is 0 Å². The highest BCUT2D eigenvalue weighted by molar-refractivity contribution is 5.91. The Morgan fingerprint density at radius 1 is 1.12 bits per heavy atom. The Bertz CT molecular complexity index is 853. The lowest BCUT2D eigenvalue weighted by molar-refractivity contribution is 0.0704. The first-order valence-corrected chi connectivity index (χ1v) is 8.01. The fourth-order valence-corrected chi connectivity index (χ4v) is 2.84. The summed E-state index contributed by atoms with van der Waals surface area (Å²) < 4.78 is 6.66. The summed E-state index contributed by atoms with van der Waals surface area (Å²) in [6, 6.07) is 5.35. The van der Waals surface area contributed by atoms with E-state index in [0.717, 1.165) is 11.6 Å². The van der Waals surface area contributed by atoms with Gasteiger partial charge in [-0.1, -0.05) is 5.16 Å². The maximum absolute atomic E-state index is 12.3. The van der Waals surface area contributed by atoms with Crippen LogP contribution in [0.1, 0.15) is 16.4 Å². The number of carbonyl (C=O) groups is 1. The molecule has 128 valence electrons. The highest BCUT2D eigenvalue weighted by Gasteiger charge is 2.25. The average Bonchev–Trinajstić information content (AvgIpc) is 3.34. The maximum atomic E-state index is 12.3. The van der Waals surface area contributed by atoms with Crippen molar-refractivity contribution in [3.63, 3.8) is 0 Å². The van der Waals surface area contributed by atoms with Crippen LogP contribution in [0.5, 0.6) is 0 Å². The molecular formula is C16H17N7O2. The largest absolute Gasteiger partial charge is 0.353 e. The smallest absolute Gasteiger partial charge is 0.292 e. The molecule has 0 atom stereocenters. The second-order valence-corrected chi connectivity index (χ2v) is 5.74. The summed E-state index contributed by atoms with van der Waals surface area (Å²) in [4.78, 5) is 25.2. The molecule has 0 aliphatic carbocycles. The number of nitrogens with zero attached hydrogens (tertiary/aromatic N) is 7. The molecule has 1 aliphatic heterocycles. The lowest BCUT2D eigenvalue weighted by atomic mass is 10.2. The van der Waals surface area contributed by atoms with Gasteiger partial charge in [0.1, 0.15) is 11.6 Å². The quantitative estimate of drug-likeness (QED) is 0.700. The molecule has 0 radical (unpaired) electrons. The first-order chi connectivity index (χ1) is 12.2. The minimum absolute atomic E-state index is 0.131. The standard InChI is InChI=1S/C16H17N7O2/c1-12-19-14(11-15(20-12)23-6-2-4-17-23)21-7-9-22(10-8-21)16(24)13-3-5-18-25-13/h2-6,11H,7-10H2,1H3. The Morgan fingerprint density at radius 2 is 1.92 bits per heavy atom. The number of carbonyl (C=O) groups excluding carboxylic acids is 1. The Morgan fingerprint density at radius 3 is 2.60 bits per heavy atom. The second kappa shape index (κ2) is 6.34. The molecule has 0 bridgehead atoms. The molecule has 9 heteroatoms. The molecular weight excluding hydrogens is 322 g/mol. The summed E-state index contributed by atoms with van der Waals surface area (Å²) in [5, 5.41) is 7.80. The van der Waals surface area contributed by atoms with Gasteiger partial charge in [-0.15, -0.1) is 0 Å². The number of hydrogen-bond donors (Lipinski definition) is 0. The van der Waals surface area contributed by atoms with Gasteiger partial charge in [-0.25, -0.2) is 14.6 Å². The van der Waals surface area contributed by atoms with E-state index in [0.29, 0.717) is 32.0 Å². The number of aromatic nitrogens is 5. The van der Waals surface area contributed by atoms with Gasteiger partial charge in [0, 0.05) is 50.7 Å². The zero-order valence-corrected chi connectivity index (χ0v) is 13.7. The Balaban J connectivity index is 1.48. The lowest BCUT2D eigenvalue weighted by Gasteiger charge is -2.35. The first kappa shape index (κ1) is 15.3. The number of hydrogen-bond acceptors (Lipinski definition) is 7. The molecule has 1 amide bonds. The van der Waals surface area contributed by atoms with Gasteiger partial charge in [0.2, 0.25) is 5.76 Å². The molecule has 25 heavy (non-hydrogen) atoms. The monoisotopic (exact) mass is 339 g/mol. The maximum Gasteiger partial charge on any atom is 0.292 e. The van der Waals surface area contributed by atoms with Crippen LogP contribution in [0.15, 0.2) is 41.3 Å². The lowest BCUT2D eigenvalue weighted by Crippen LogP contribution is -2.49. The molecule has 0 aromatic carbocycles. The highest BCUT2D eigenvalue weighted by atomic mass is 16.5. The molecule has 9 nitrogen and oxygen atoms in total. The Kier molecular flexibility index (Phi) is 3.88. The van der Waals surface area contributed by atoms with Gasteiger partial charge in [0.05, 0.1) is 6.20 Å². The van der Waals surface area contributed by atoms with E-state index >= 15 is 0 Å². The predicted molar refractivity (Wildman–Crippen MR) is 88.5 cm³/mol. The van der Waals surface area contributed by atoms with Crippen molar-refractivity contribution in [3.05, 3.63) is 48.4 Å². The van der Waals surface area contributed by atoms with Crippen LogP contribution in [0.2, 0.25) is 0 Å². The molecule has 0 N–H and O–H groups in total. The van der Waals surface area contributed by atoms with E-state index in [1.54, 1.807) is 21.8 Å². The zero-order chi connectivity index (χ0) is 17.2. The Labute approximate surface area is 143 Å². The number of piperazine rings is 1. The topological polar surface area (TPSA) is 93.2 Å². The van der Waals surface area contributed by atoms with Crippen LogP contribution in [0.25, 0.3) is 5.82 Å². The molecule has 1 saturated heterocycles. The molecule has 4 heterocycles. The summed E-state index contributed by atoms with van der Waals surface area (Å²) in [6.07, 6.45) is 5.04. The van der Waals surface area contributed by atoms with Crippen molar-refractivity contribution in [2.45, 2.75) is 6.92 Å². The third kappa shape index (κ3) is 3.08. The van der Waals surface area contributed by atoms with E-state index in [1.807, 2.05) is 25.3 Å².